The quantitative estimate of drug-likeness (QED) is 0.871. The molecule has 0 radical (unpaired) electrons. The number of aliphatic imine (C=N–C) groups is 1. The predicted octanol–water partition coefficient (Wildman–Crippen LogP) is 3.09. The van der Waals surface area contributed by atoms with E-state index in [1.807, 2.05) is 0 Å². The third kappa shape index (κ3) is 2.22. The van der Waals surface area contributed by atoms with Gasteiger partial charge in [0, 0.05) is 18.1 Å². The lowest BCUT2D eigenvalue weighted by Crippen LogP contribution is -2.09. The van der Waals surface area contributed by atoms with Crippen LogP contribution in [-0.2, 0) is 12.7 Å². The van der Waals surface area contributed by atoms with Gasteiger partial charge in [-0.25, -0.2) is 9.97 Å². The van der Waals surface area contributed by atoms with E-state index in [9.17, 15) is 13.2 Å². The van der Waals surface area contributed by atoms with Gasteiger partial charge in [-0.3, -0.25) is 4.99 Å². The highest BCUT2D eigenvalue weighted by atomic mass is 19.4. The summed E-state index contributed by atoms with van der Waals surface area (Å²) in [6, 6.07) is 1.64. The molecule has 4 nitrogen and oxygen atoms in total. The molecule has 7 heteroatoms. The maximum Gasteiger partial charge on any atom is 0.420 e. The number of alkyl halides is 3. The van der Waals surface area contributed by atoms with Gasteiger partial charge in [-0.1, -0.05) is 6.08 Å². The van der Waals surface area contributed by atoms with Gasteiger partial charge in [0.05, 0.1) is 12.2 Å². The van der Waals surface area contributed by atoms with E-state index in [1.54, 1.807) is 24.4 Å². The van der Waals surface area contributed by atoms with Crippen molar-refractivity contribution in [3.8, 4) is 11.4 Å². The summed E-state index contributed by atoms with van der Waals surface area (Å²) in [4.78, 5) is 14.2. The van der Waals surface area contributed by atoms with Crippen molar-refractivity contribution >= 4 is 12.3 Å². The van der Waals surface area contributed by atoms with Crippen LogP contribution in [0.2, 0.25) is 0 Å². The van der Waals surface area contributed by atoms with Gasteiger partial charge >= 0.3 is 6.18 Å². The van der Waals surface area contributed by atoms with E-state index in [4.69, 9.17) is 0 Å². The number of aromatic nitrogens is 3. The molecule has 1 aliphatic heterocycles. The van der Waals surface area contributed by atoms with E-state index in [2.05, 4.69) is 19.9 Å². The molecule has 0 unspecified atom stereocenters. The van der Waals surface area contributed by atoms with Crippen molar-refractivity contribution in [2.75, 3.05) is 0 Å². The molecule has 3 heterocycles. The number of aromatic amines is 1. The maximum absolute atomic E-state index is 13.0. The molecule has 0 aliphatic carbocycles. The fourth-order valence-electron chi connectivity index (χ4n) is 2.02. The Balaban J connectivity index is 2.11. The van der Waals surface area contributed by atoms with Crippen molar-refractivity contribution in [2.24, 2.45) is 4.99 Å². The molecule has 0 fully saturated rings. The lowest BCUT2D eigenvalue weighted by atomic mass is 10.1. The molecule has 0 amide bonds. The third-order valence-electron chi connectivity index (χ3n) is 2.92. The average Bonchev–Trinajstić information content (AvgIpc) is 2.69. The van der Waals surface area contributed by atoms with Crippen molar-refractivity contribution in [2.45, 2.75) is 12.7 Å². The molecular weight excluding hydrogens is 269 g/mol. The largest absolute Gasteiger partial charge is 0.420 e. The molecule has 3 rings (SSSR count). The van der Waals surface area contributed by atoms with Gasteiger partial charge in [0.25, 0.3) is 0 Å². The van der Waals surface area contributed by atoms with Crippen LogP contribution in [0.4, 0.5) is 13.2 Å². The normalized spacial score (nSPS) is 14.2. The highest BCUT2D eigenvalue weighted by Gasteiger charge is 2.35. The molecule has 1 N–H and O–H groups in total. The van der Waals surface area contributed by atoms with Gasteiger partial charge in [-0.2, -0.15) is 13.2 Å². The lowest BCUT2D eigenvalue weighted by molar-refractivity contribution is -0.137. The second kappa shape index (κ2) is 4.59. The van der Waals surface area contributed by atoms with Crippen molar-refractivity contribution in [1.29, 1.82) is 0 Å². The van der Waals surface area contributed by atoms with Crippen LogP contribution in [0.1, 0.15) is 16.8 Å². The van der Waals surface area contributed by atoms with E-state index in [0.29, 0.717) is 12.2 Å². The zero-order chi connectivity index (χ0) is 14.2. The average molecular weight is 278 g/mol. The van der Waals surface area contributed by atoms with Crippen LogP contribution in [0.15, 0.2) is 29.7 Å². The third-order valence-corrected chi connectivity index (χ3v) is 2.92. The fraction of sp³-hybridized carbons (Fsp3) is 0.154. The summed E-state index contributed by atoms with van der Waals surface area (Å²) in [6.07, 6.45) is 2.58. The predicted molar refractivity (Wildman–Crippen MR) is 68.1 cm³/mol. The Morgan fingerprint density at radius 1 is 1.25 bits per heavy atom. The van der Waals surface area contributed by atoms with E-state index in [-0.39, 0.29) is 5.69 Å². The SMILES string of the molecule is FC(F)(F)c1cncnc1-c1cc2c([nH]1)CN=CC=C2. The zero-order valence-corrected chi connectivity index (χ0v) is 10.1. The van der Waals surface area contributed by atoms with E-state index in [0.717, 1.165) is 23.8 Å². The Hall–Kier alpha value is -2.44. The molecule has 1 aliphatic rings. The highest BCUT2D eigenvalue weighted by molar-refractivity contribution is 5.81. The van der Waals surface area contributed by atoms with Gasteiger partial charge in [0.2, 0.25) is 0 Å². The minimum Gasteiger partial charge on any atom is -0.355 e. The molecule has 0 atom stereocenters. The molecule has 2 aromatic heterocycles. The number of rotatable bonds is 1. The highest BCUT2D eigenvalue weighted by Crippen LogP contribution is 2.35. The summed E-state index contributed by atoms with van der Waals surface area (Å²) in [5.41, 5.74) is 0.870. The second-order valence-corrected chi connectivity index (χ2v) is 4.25. The Morgan fingerprint density at radius 3 is 2.90 bits per heavy atom. The first-order valence-electron chi connectivity index (χ1n) is 5.81. The Bertz CT molecular complexity index is 698. The first-order chi connectivity index (χ1) is 9.55. The Kier molecular flexibility index (Phi) is 2.89. The van der Waals surface area contributed by atoms with Crippen LogP contribution in [0.3, 0.4) is 0 Å². The van der Waals surface area contributed by atoms with Gasteiger partial charge in [-0.15, -0.1) is 0 Å². The van der Waals surface area contributed by atoms with E-state index < -0.39 is 11.7 Å². The summed E-state index contributed by atoms with van der Waals surface area (Å²) in [5, 5.41) is 0. The van der Waals surface area contributed by atoms with Crippen molar-refractivity contribution in [1.82, 2.24) is 15.0 Å². The summed E-state index contributed by atoms with van der Waals surface area (Å²) >= 11 is 0. The molecule has 0 saturated carbocycles. The van der Waals surface area contributed by atoms with Crippen molar-refractivity contribution < 1.29 is 13.2 Å². The van der Waals surface area contributed by atoms with Crippen molar-refractivity contribution in [3.05, 3.63) is 41.5 Å². The number of nitrogens with one attached hydrogen (secondary N) is 1. The Labute approximate surface area is 112 Å². The smallest absolute Gasteiger partial charge is 0.355 e. The minimum atomic E-state index is -4.49. The van der Waals surface area contributed by atoms with Gasteiger partial charge < -0.3 is 4.98 Å². The number of hydrogen-bond donors (Lipinski definition) is 1. The zero-order valence-electron chi connectivity index (χ0n) is 10.1. The standard InChI is InChI=1S/C13H9F3N4/c14-13(15,16)9-5-18-7-19-12(9)10-4-8-2-1-3-17-6-11(8)20-10/h1-5,7,20H,6H2. The van der Waals surface area contributed by atoms with Crippen LogP contribution in [0.5, 0.6) is 0 Å². The molecule has 0 spiro atoms. The summed E-state index contributed by atoms with van der Waals surface area (Å²) in [5.74, 6) is 0. The summed E-state index contributed by atoms with van der Waals surface area (Å²) in [7, 11) is 0. The molecule has 2 aromatic rings. The van der Waals surface area contributed by atoms with Crippen LogP contribution in [0, 0.1) is 0 Å². The molecular formula is C13H9F3N4. The molecule has 0 saturated heterocycles. The van der Waals surface area contributed by atoms with Crippen molar-refractivity contribution in [3.63, 3.8) is 0 Å². The molecule has 0 bridgehead atoms. The first-order valence-corrected chi connectivity index (χ1v) is 5.81. The first kappa shape index (κ1) is 12.6. The summed E-state index contributed by atoms with van der Waals surface area (Å²) in [6.45, 7) is 0.398. The molecule has 102 valence electrons. The fourth-order valence-corrected chi connectivity index (χ4v) is 2.02. The van der Waals surface area contributed by atoms with E-state index in [1.165, 1.54) is 0 Å². The number of H-pyrrole nitrogens is 1. The topological polar surface area (TPSA) is 53.9 Å². The lowest BCUT2D eigenvalue weighted by Gasteiger charge is -2.09. The van der Waals surface area contributed by atoms with Crippen LogP contribution >= 0.6 is 0 Å². The number of halogens is 3. The van der Waals surface area contributed by atoms with Gasteiger partial charge in [0.15, 0.2) is 0 Å². The number of allylic oxidation sites excluding steroid dienone is 1. The second-order valence-electron chi connectivity index (χ2n) is 4.25. The van der Waals surface area contributed by atoms with Crippen LogP contribution in [0.25, 0.3) is 17.5 Å². The number of nitrogens with zero attached hydrogens (tertiary/aromatic N) is 3. The maximum atomic E-state index is 13.0. The number of hydrogen-bond acceptors (Lipinski definition) is 3. The summed E-state index contributed by atoms with van der Waals surface area (Å²) < 4.78 is 38.9. The minimum absolute atomic E-state index is 0.155. The van der Waals surface area contributed by atoms with E-state index >= 15 is 0 Å². The number of fused-ring (bicyclic) bond motifs is 1. The Morgan fingerprint density at radius 2 is 2.10 bits per heavy atom. The monoisotopic (exact) mass is 278 g/mol. The van der Waals surface area contributed by atoms with Gasteiger partial charge in [-0.05, 0) is 17.7 Å². The van der Waals surface area contributed by atoms with Crippen LogP contribution < -0.4 is 0 Å². The molecule has 20 heavy (non-hydrogen) atoms. The molecule has 0 aromatic carbocycles. The van der Waals surface area contributed by atoms with Crippen LogP contribution in [-0.4, -0.2) is 21.2 Å². The van der Waals surface area contributed by atoms with Gasteiger partial charge in [0.1, 0.15) is 17.6 Å².